The third kappa shape index (κ3) is 32.7. The van der Waals surface area contributed by atoms with Crippen LogP contribution in [0.5, 0.6) is 0 Å². The van der Waals surface area contributed by atoms with Gasteiger partial charge in [0.25, 0.3) is 0 Å². The smallest absolute Gasteiger partial charge is 0.338 e. The van der Waals surface area contributed by atoms with Crippen molar-refractivity contribution < 1.29 is 66.4 Å². The molecule has 0 spiro atoms. The molecule has 0 fully saturated rings. The van der Waals surface area contributed by atoms with Crippen molar-refractivity contribution in [2.45, 2.75) is 32.6 Å². The minimum Gasteiger partial charge on any atom is -0.463 e. The van der Waals surface area contributed by atoms with Crippen molar-refractivity contribution in [3.8, 4) is 0 Å². The molecule has 0 atom stereocenters. The van der Waals surface area contributed by atoms with Crippen LogP contribution in [0.1, 0.15) is 43.0 Å². The number of unbranched alkanes of at least 4 members (excludes halogenated alkanes) is 2. The molecule has 14 nitrogen and oxygen atoms in total. The quantitative estimate of drug-likeness (QED) is 0.0734. The normalized spacial score (nSPS) is 11.2. The number of ether oxygens (including phenoxy) is 12. The highest BCUT2D eigenvalue weighted by Gasteiger charge is 2.05. The summed E-state index contributed by atoms with van der Waals surface area (Å²) in [4.78, 5) is 23.2. The summed E-state index contributed by atoms with van der Waals surface area (Å²) in [7, 11) is 0. The molecule has 0 aliphatic carbocycles. The van der Waals surface area contributed by atoms with Crippen molar-refractivity contribution in [2.24, 2.45) is 0 Å². The summed E-state index contributed by atoms with van der Waals surface area (Å²) in [6, 6.07) is 8.84. The maximum atomic E-state index is 11.8. The molecule has 0 N–H and O–H groups in total. The lowest BCUT2D eigenvalue weighted by Crippen LogP contribution is -2.16. The standard InChI is InChI=1S/C35H60O14/c1-2-3-5-10-34(36)48-31-29-46-27-25-44-23-21-42-19-17-40-15-13-38-11-12-39-14-16-41-18-20-43-22-24-45-26-28-47-30-32-49-35(37)33-8-6-4-7-9-33/h4,6-9H,2-3,5,10-32H2,1H3. The van der Waals surface area contributed by atoms with Gasteiger partial charge in [-0.1, -0.05) is 38.0 Å². The molecule has 1 aromatic carbocycles. The second kappa shape index (κ2) is 37.0. The molecule has 14 heteroatoms. The highest BCUT2D eigenvalue weighted by molar-refractivity contribution is 5.89. The molecule has 0 saturated carbocycles. The third-order valence-electron chi connectivity index (χ3n) is 6.29. The second-order valence-electron chi connectivity index (χ2n) is 10.3. The van der Waals surface area contributed by atoms with Crippen molar-refractivity contribution in [1.82, 2.24) is 0 Å². The summed E-state index contributed by atoms with van der Waals surface area (Å²) >= 11 is 0. The van der Waals surface area contributed by atoms with Gasteiger partial charge in [-0.2, -0.15) is 0 Å². The van der Waals surface area contributed by atoms with E-state index in [1.54, 1.807) is 24.3 Å². The number of rotatable bonds is 38. The maximum Gasteiger partial charge on any atom is 0.338 e. The zero-order valence-electron chi connectivity index (χ0n) is 29.5. The van der Waals surface area contributed by atoms with Gasteiger partial charge in [-0.05, 0) is 18.6 Å². The molecular formula is C35H60O14. The molecule has 0 aliphatic rings. The molecule has 0 unspecified atom stereocenters. The first-order chi connectivity index (χ1) is 24.2. The van der Waals surface area contributed by atoms with Gasteiger partial charge >= 0.3 is 11.9 Å². The lowest BCUT2D eigenvalue weighted by molar-refractivity contribution is -0.145. The summed E-state index contributed by atoms with van der Waals surface area (Å²) < 4.78 is 64.7. The van der Waals surface area contributed by atoms with E-state index in [0.717, 1.165) is 19.3 Å². The van der Waals surface area contributed by atoms with Crippen molar-refractivity contribution in [2.75, 3.05) is 145 Å². The van der Waals surface area contributed by atoms with E-state index in [1.807, 2.05) is 6.07 Å². The summed E-state index contributed by atoms with van der Waals surface area (Å²) in [6.45, 7) is 11.8. The fourth-order valence-corrected chi connectivity index (χ4v) is 3.74. The summed E-state index contributed by atoms with van der Waals surface area (Å²) in [5, 5.41) is 0. The molecule has 0 heterocycles. The van der Waals surface area contributed by atoms with E-state index in [1.165, 1.54) is 0 Å². The van der Waals surface area contributed by atoms with Crippen LogP contribution in [-0.2, 0) is 61.6 Å². The van der Waals surface area contributed by atoms with Crippen molar-refractivity contribution >= 4 is 11.9 Å². The molecule has 49 heavy (non-hydrogen) atoms. The fraction of sp³-hybridized carbons (Fsp3) is 0.771. The average molecular weight is 705 g/mol. The van der Waals surface area contributed by atoms with E-state index in [-0.39, 0.29) is 25.2 Å². The van der Waals surface area contributed by atoms with E-state index in [4.69, 9.17) is 56.8 Å². The predicted octanol–water partition coefficient (Wildman–Crippen LogP) is 3.13. The van der Waals surface area contributed by atoms with E-state index in [2.05, 4.69) is 6.92 Å². The number of carbonyl (C=O) groups is 2. The first-order valence-electron chi connectivity index (χ1n) is 17.4. The zero-order chi connectivity index (χ0) is 35.1. The molecule has 0 bridgehead atoms. The third-order valence-corrected chi connectivity index (χ3v) is 6.29. The van der Waals surface area contributed by atoms with Gasteiger partial charge in [0.15, 0.2) is 0 Å². The Bertz CT molecular complexity index is 845. The summed E-state index contributed by atoms with van der Waals surface area (Å²) in [5.41, 5.74) is 0.523. The van der Waals surface area contributed by atoms with Gasteiger partial charge in [-0.3, -0.25) is 4.79 Å². The van der Waals surface area contributed by atoms with Crippen molar-refractivity contribution in [1.29, 1.82) is 0 Å². The van der Waals surface area contributed by atoms with Gasteiger partial charge in [0.05, 0.1) is 138 Å². The Morgan fingerprint density at radius 1 is 0.408 bits per heavy atom. The van der Waals surface area contributed by atoms with Crippen LogP contribution in [-0.4, -0.2) is 157 Å². The molecule has 0 aliphatic heterocycles. The van der Waals surface area contributed by atoms with Crippen molar-refractivity contribution in [3.63, 3.8) is 0 Å². The molecular weight excluding hydrogens is 644 g/mol. The van der Waals surface area contributed by atoms with Gasteiger partial charge in [0.2, 0.25) is 0 Å². The predicted molar refractivity (Wildman–Crippen MR) is 180 cm³/mol. The first-order valence-corrected chi connectivity index (χ1v) is 17.4. The van der Waals surface area contributed by atoms with Crippen LogP contribution in [0.4, 0.5) is 0 Å². The molecule has 0 amide bonds. The Labute approximate surface area is 292 Å². The maximum absolute atomic E-state index is 11.8. The van der Waals surface area contributed by atoms with Crippen LogP contribution < -0.4 is 0 Å². The van der Waals surface area contributed by atoms with Gasteiger partial charge in [0, 0.05) is 6.42 Å². The number of hydrogen-bond acceptors (Lipinski definition) is 14. The fourth-order valence-electron chi connectivity index (χ4n) is 3.74. The zero-order valence-corrected chi connectivity index (χ0v) is 29.5. The summed E-state index contributed by atoms with van der Waals surface area (Å²) in [5.74, 6) is -0.523. The molecule has 284 valence electrons. The van der Waals surface area contributed by atoms with E-state index in [0.29, 0.717) is 144 Å². The Balaban J connectivity index is 1.64. The van der Waals surface area contributed by atoms with E-state index >= 15 is 0 Å². The van der Waals surface area contributed by atoms with E-state index < -0.39 is 0 Å². The Hall–Kier alpha value is -2.24. The molecule has 0 radical (unpaired) electrons. The van der Waals surface area contributed by atoms with Crippen LogP contribution in [0.15, 0.2) is 30.3 Å². The van der Waals surface area contributed by atoms with Crippen molar-refractivity contribution in [3.05, 3.63) is 35.9 Å². The van der Waals surface area contributed by atoms with Crippen LogP contribution >= 0.6 is 0 Å². The Morgan fingerprint density at radius 2 is 0.714 bits per heavy atom. The van der Waals surface area contributed by atoms with Gasteiger partial charge in [-0.15, -0.1) is 0 Å². The molecule has 1 rings (SSSR count). The Morgan fingerprint density at radius 3 is 1.04 bits per heavy atom. The monoisotopic (exact) mass is 704 g/mol. The first kappa shape index (κ1) is 44.8. The van der Waals surface area contributed by atoms with Gasteiger partial charge in [-0.25, -0.2) is 4.79 Å². The highest BCUT2D eigenvalue weighted by atomic mass is 16.6. The Kier molecular flexibility index (Phi) is 33.8. The summed E-state index contributed by atoms with van der Waals surface area (Å²) in [6.07, 6.45) is 3.48. The SMILES string of the molecule is CCCCCC(=O)OCCOCCOCCOCCOCCOCCOCCOCCOCCOCCOCCOC(=O)c1ccccc1. The highest BCUT2D eigenvalue weighted by Crippen LogP contribution is 2.01. The van der Waals surface area contributed by atoms with E-state index in [9.17, 15) is 9.59 Å². The molecule has 0 saturated heterocycles. The van der Waals surface area contributed by atoms with Crippen LogP contribution in [0, 0.1) is 0 Å². The largest absolute Gasteiger partial charge is 0.463 e. The van der Waals surface area contributed by atoms with Crippen LogP contribution in [0.3, 0.4) is 0 Å². The minimum absolute atomic E-state index is 0.163. The molecule has 1 aromatic rings. The van der Waals surface area contributed by atoms with Gasteiger partial charge in [0.1, 0.15) is 13.2 Å². The number of carbonyl (C=O) groups excluding carboxylic acids is 2. The van der Waals surface area contributed by atoms with Crippen LogP contribution in [0.25, 0.3) is 0 Å². The number of esters is 2. The average Bonchev–Trinajstić information content (AvgIpc) is 3.12. The number of benzene rings is 1. The lowest BCUT2D eigenvalue weighted by atomic mass is 10.2. The molecule has 0 aromatic heterocycles. The van der Waals surface area contributed by atoms with Crippen LogP contribution in [0.2, 0.25) is 0 Å². The minimum atomic E-state index is -0.359. The second-order valence-corrected chi connectivity index (χ2v) is 10.3. The lowest BCUT2D eigenvalue weighted by Gasteiger charge is -2.09. The topological polar surface area (TPSA) is 145 Å². The van der Waals surface area contributed by atoms with Gasteiger partial charge < -0.3 is 56.8 Å². The number of hydrogen-bond donors (Lipinski definition) is 0.